The lowest BCUT2D eigenvalue weighted by molar-refractivity contribution is -0.385. The highest BCUT2D eigenvalue weighted by Crippen LogP contribution is 2.60. The fourth-order valence-corrected chi connectivity index (χ4v) is 9.99. The number of aliphatic hydroxyl groups is 1. The molecule has 15 heteroatoms. The number of piperazine rings is 1. The van der Waals surface area contributed by atoms with Crippen molar-refractivity contribution in [3.05, 3.63) is 75.6 Å². The van der Waals surface area contributed by atoms with Crippen molar-refractivity contribution in [1.82, 2.24) is 20.3 Å². The van der Waals surface area contributed by atoms with E-state index in [0.717, 1.165) is 11.3 Å². The van der Waals surface area contributed by atoms with Crippen LogP contribution in [0.2, 0.25) is 18.6 Å². The van der Waals surface area contributed by atoms with E-state index < -0.39 is 30.9 Å². The summed E-state index contributed by atoms with van der Waals surface area (Å²) in [6, 6.07) is 11.9. The number of fused-ring (bicyclic) bond motifs is 2. The molecular weight excluding hydrogens is 610 g/mol. The zero-order chi connectivity index (χ0) is 32.8. The number of nitro groups is 1. The predicted octanol–water partition coefficient (Wildman–Crippen LogP) is 2.09. The Hall–Kier alpha value is -4.02. The quantitative estimate of drug-likeness (QED) is 0.168. The van der Waals surface area contributed by atoms with Gasteiger partial charge in [-0.25, -0.2) is 0 Å². The standard InChI is InChI=1S/C31H39N7O7Si/c1-20-29(46(2,3)44)27(10-13-35-19-22(11-15-39)33-34-35)45-31(20)25-16-24(38(42)43)8-9-26(25)37(30(31)41)18-21-4-6-23(7-5-21)36-14-12-32-17-28(36)40/h4-9,16,19-20,27,29,32,39,44H,10-15,17-18H2,1-3H3/t20-,27+,29-,31+/m0/s1. The molecule has 2 fully saturated rings. The first-order valence-electron chi connectivity index (χ1n) is 15.5. The van der Waals surface area contributed by atoms with Crippen LogP contribution >= 0.6 is 0 Å². The van der Waals surface area contributed by atoms with Gasteiger partial charge in [0.15, 0.2) is 13.9 Å². The number of nitrogens with one attached hydrogen (secondary N) is 1. The normalized spacial score (nSPS) is 24.7. The van der Waals surface area contributed by atoms with Crippen LogP contribution in [-0.4, -0.2) is 82.3 Å². The average molecular weight is 650 g/mol. The second kappa shape index (κ2) is 12.3. The van der Waals surface area contributed by atoms with Crippen molar-refractivity contribution in [2.24, 2.45) is 5.92 Å². The number of carbonyl (C=O) groups excluding carboxylic acids is 2. The maximum atomic E-state index is 14.7. The summed E-state index contributed by atoms with van der Waals surface area (Å²) in [4.78, 5) is 53.3. The van der Waals surface area contributed by atoms with Crippen LogP contribution in [0.1, 0.15) is 30.2 Å². The van der Waals surface area contributed by atoms with Gasteiger partial charge in [-0.1, -0.05) is 24.3 Å². The average Bonchev–Trinajstić information content (AvgIpc) is 3.66. The molecule has 1 aromatic heterocycles. The van der Waals surface area contributed by atoms with Gasteiger partial charge in [0.25, 0.3) is 11.6 Å². The zero-order valence-corrected chi connectivity index (χ0v) is 27.1. The molecule has 2 amide bonds. The summed E-state index contributed by atoms with van der Waals surface area (Å²) < 4.78 is 8.46. The van der Waals surface area contributed by atoms with Gasteiger partial charge in [-0.05, 0) is 43.3 Å². The number of anilines is 2. The van der Waals surface area contributed by atoms with E-state index >= 15 is 0 Å². The second-order valence-electron chi connectivity index (χ2n) is 12.8. The minimum Gasteiger partial charge on any atom is -0.432 e. The maximum Gasteiger partial charge on any atom is 0.269 e. The van der Waals surface area contributed by atoms with Crippen LogP contribution in [0.25, 0.3) is 0 Å². The van der Waals surface area contributed by atoms with Gasteiger partial charge in [0, 0.05) is 73.7 Å². The molecule has 3 aromatic rings. The van der Waals surface area contributed by atoms with E-state index in [-0.39, 0.29) is 42.7 Å². The lowest BCUT2D eigenvalue weighted by atomic mass is 9.82. The molecule has 1 spiro atoms. The highest BCUT2D eigenvalue weighted by Gasteiger charge is 2.66. The van der Waals surface area contributed by atoms with Crippen molar-refractivity contribution in [2.45, 2.75) is 63.2 Å². The first-order chi connectivity index (χ1) is 21.9. The molecule has 2 saturated heterocycles. The third-order valence-electron chi connectivity index (χ3n) is 9.45. The third kappa shape index (κ3) is 5.62. The number of benzene rings is 2. The first kappa shape index (κ1) is 31.9. The van der Waals surface area contributed by atoms with Crippen LogP contribution in [0.3, 0.4) is 0 Å². The third-order valence-corrected chi connectivity index (χ3v) is 12.0. The molecule has 0 unspecified atom stereocenters. The summed E-state index contributed by atoms with van der Waals surface area (Å²) in [7, 11) is -2.95. The number of ether oxygens (including phenoxy) is 1. The number of carbonyl (C=O) groups is 2. The van der Waals surface area contributed by atoms with Crippen LogP contribution in [-0.2, 0) is 39.4 Å². The topological polar surface area (TPSA) is 176 Å². The molecule has 244 valence electrons. The van der Waals surface area contributed by atoms with Crippen molar-refractivity contribution < 1.29 is 29.2 Å². The monoisotopic (exact) mass is 649 g/mol. The zero-order valence-electron chi connectivity index (χ0n) is 26.1. The van der Waals surface area contributed by atoms with Crippen molar-refractivity contribution in [3.63, 3.8) is 0 Å². The molecule has 4 atom stereocenters. The number of hydrogen-bond donors (Lipinski definition) is 3. The molecule has 3 aliphatic heterocycles. The van der Waals surface area contributed by atoms with Crippen LogP contribution < -0.4 is 15.1 Å². The Morgan fingerprint density at radius 2 is 1.96 bits per heavy atom. The van der Waals surface area contributed by atoms with E-state index in [1.807, 2.05) is 44.3 Å². The minimum atomic E-state index is -2.95. The Kier molecular flexibility index (Phi) is 8.54. The van der Waals surface area contributed by atoms with Crippen LogP contribution in [0.4, 0.5) is 17.1 Å². The molecule has 3 aliphatic rings. The van der Waals surface area contributed by atoms with Gasteiger partial charge in [-0.15, -0.1) is 5.10 Å². The molecular formula is C31H39N7O7Si. The van der Waals surface area contributed by atoms with E-state index in [4.69, 9.17) is 4.74 Å². The Bertz CT molecular complexity index is 1640. The summed E-state index contributed by atoms with van der Waals surface area (Å²) in [6.07, 6.45) is 2.04. The van der Waals surface area contributed by atoms with Gasteiger partial charge < -0.3 is 29.8 Å². The van der Waals surface area contributed by atoms with Crippen LogP contribution in [0.15, 0.2) is 48.7 Å². The van der Waals surface area contributed by atoms with Crippen molar-refractivity contribution >= 4 is 37.2 Å². The van der Waals surface area contributed by atoms with Gasteiger partial charge in [-0.3, -0.25) is 24.4 Å². The number of nitrogens with zero attached hydrogens (tertiary/aromatic N) is 6. The van der Waals surface area contributed by atoms with E-state index in [0.29, 0.717) is 49.4 Å². The Morgan fingerprint density at radius 1 is 1.20 bits per heavy atom. The fraction of sp³-hybridized carbons (Fsp3) is 0.484. The fourth-order valence-electron chi connectivity index (χ4n) is 7.39. The van der Waals surface area contributed by atoms with Crippen molar-refractivity contribution in [1.29, 1.82) is 0 Å². The van der Waals surface area contributed by atoms with Crippen molar-refractivity contribution in [2.75, 3.05) is 36.0 Å². The van der Waals surface area contributed by atoms with Crippen LogP contribution in [0, 0.1) is 16.0 Å². The van der Waals surface area contributed by atoms with E-state index in [2.05, 4.69) is 15.6 Å². The van der Waals surface area contributed by atoms with Gasteiger partial charge in [0.05, 0.1) is 35.5 Å². The number of aliphatic hydroxyl groups excluding tert-OH is 1. The smallest absolute Gasteiger partial charge is 0.269 e. The van der Waals surface area contributed by atoms with Gasteiger partial charge in [-0.2, -0.15) is 0 Å². The molecule has 14 nitrogen and oxygen atoms in total. The predicted molar refractivity (Wildman–Crippen MR) is 171 cm³/mol. The van der Waals surface area contributed by atoms with Gasteiger partial charge >= 0.3 is 0 Å². The molecule has 3 N–H and O–H groups in total. The number of aryl methyl sites for hydroxylation is 1. The number of rotatable bonds is 10. The minimum absolute atomic E-state index is 0.00700. The highest BCUT2D eigenvalue weighted by atomic mass is 28.4. The number of amides is 2. The van der Waals surface area contributed by atoms with E-state index in [1.54, 1.807) is 26.7 Å². The summed E-state index contributed by atoms with van der Waals surface area (Å²) in [6.45, 7) is 7.68. The molecule has 46 heavy (non-hydrogen) atoms. The number of nitro benzene ring substituents is 1. The summed E-state index contributed by atoms with van der Waals surface area (Å²) in [5.74, 6) is -0.815. The maximum absolute atomic E-state index is 14.7. The van der Waals surface area contributed by atoms with E-state index in [9.17, 15) is 29.6 Å². The molecule has 2 aromatic carbocycles. The highest BCUT2D eigenvalue weighted by molar-refractivity contribution is 6.71. The SMILES string of the molecule is C[C@H]1[C@H]([Si](C)(C)O)[C@@H](CCn2cc(CCO)nn2)O[C@]12C(=O)N(Cc1ccc(N3CCNCC3=O)cc1)c1ccc([N+](=O)[O-])cc12. The first-order valence-corrected chi connectivity index (χ1v) is 18.6. The molecule has 0 bridgehead atoms. The lowest BCUT2D eigenvalue weighted by Crippen LogP contribution is -2.48. The Morgan fingerprint density at radius 3 is 2.63 bits per heavy atom. The largest absolute Gasteiger partial charge is 0.432 e. The van der Waals surface area contributed by atoms with Crippen LogP contribution in [0.5, 0.6) is 0 Å². The summed E-state index contributed by atoms with van der Waals surface area (Å²) in [5, 5.41) is 32.4. The summed E-state index contributed by atoms with van der Waals surface area (Å²) in [5.41, 5.74) is 1.18. The molecule has 0 aliphatic carbocycles. The molecule has 0 saturated carbocycles. The Balaban J connectivity index is 1.33. The van der Waals surface area contributed by atoms with E-state index in [1.165, 1.54) is 12.1 Å². The number of non-ortho nitro benzene ring substituents is 1. The van der Waals surface area contributed by atoms with Gasteiger partial charge in [0.1, 0.15) is 0 Å². The number of aromatic nitrogens is 3. The number of hydrogen-bond acceptors (Lipinski definition) is 10. The molecule has 6 rings (SSSR count). The molecule has 4 heterocycles. The van der Waals surface area contributed by atoms with Crippen molar-refractivity contribution in [3.8, 4) is 0 Å². The molecule has 0 radical (unpaired) electrons. The lowest BCUT2D eigenvalue weighted by Gasteiger charge is -2.32. The second-order valence-corrected chi connectivity index (χ2v) is 16.8. The van der Waals surface area contributed by atoms with Gasteiger partial charge in [0.2, 0.25) is 5.91 Å². The Labute approximate surface area is 267 Å². The summed E-state index contributed by atoms with van der Waals surface area (Å²) >= 11 is 0.